The zero-order chi connectivity index (χ0) is 23.5. The van der Waals surface area contributed by atoms with Crippen molar-refractivity contribution in [3.05, 3.63) is 53.6 Å². The molecule has 0 saturated carbocycles. The molecule has 0 aliphatic rings. The number of para-hydroxylation sites is 1. The number of aryl methyl sites for hydroxylation is 1. The van der Waals surface area contributed by atoms with Gasteiger partial charge in [0.2, 0.25) is 11.1 Å². The molecule has 1 amide bonds. The number of thioether (sulfide) groups is 1. The number of ether oxygens (including phenoxy) is 1. The molecule has 1 heterocycles. The number of halogens is 3. The number of carbonyl (C=O) groups excluding carboxylic acids is 1. The van der Waals surface area contributed by atoms with Crippen molar-refractivity contribution in [1.82, 2.24) is 20.2 Å². The maximum Gasteiger partial charge on any atom is 0.573 e. The van der Waals surface area contributed by atoms with E-state index >= 15 is 0 Å². The van der Waals surface area contributed by atoms with Gasteiger partial charge in [0.25, 0.3) is 0 Å². The number of hydrogen-bond acceptors (Lipinski definition) is 6. The summed E-state index contributed by atoms with van der Waals surface area (Å²) in [6.45, 7) is 7.78. The third kappa shape index (κ3) is 5.78. The van der Waals surface area contributed by atoms with Crippen LogP contribution in [0.1, 0.15) is 37.8 Å². The van der Waals surface area contributed by atoms with E-state index in [4.69, 9.17) is 0 Å². The standard InChI is InChI=1S/C21H22F3N5O2S/c1-12(2)17-7-5-6-13(3)18(17)25-19(30)14(4)32-20-26-27-28-29(20)15-8-10-16(11-9-15)31-21(22,23)24/h5-12,14H,1-4H3,(H,25,30). The van der Waals surface area contributed by atoms with Gasteiger partial charge in [0, 0.05) is 5.69 Å². The van der Waals surface area contributed by atoms with Gasteiger partial charge in [-0.2, -0.15) is 4.68 Å². The third-order valence-electron chi connectivity index (χ3n) is 4.58. The minimum absolute atomic E-state index is 0.213. The van der Waals surface area contributed by atoms with Gasteiger partial charge in [0.1, 0.15) is 5.75 Å². The van der Waals surface area contributed by atoms with Crippen molar-refractivity contribution in [3.8, 4) is 11.4 Å². The van der Waals surface area contributed by atoms with Gasteiger partial charge in [-0.15, -0.1) is 18.3 Å². The monoisotopic (exact) mass is 465 g/mol. The second-order valence-electron chi connectivity index (χ2n) is 7.36. The smallest absolute Gasteiger partial charge is 0.406 e. The zero-order valence-corrected chi connectivity index (χ0v) is 18.7. The summed E-state index contributed by atoms with van der Waals surface area (Å²) in [5.41, 5.74) is 3.23. The molecule has 32 heavy (non-hydrogen) atoms. The topological polar surface area (TPSA) is 81.9 Å². The maximum atomic E-state index is 12.9. The molecule has 7 nitrogen and oxygen atoms in total. The van der Waals surface area contributed by atoms with E-state index in [0.29, 0.717) is 10.8 Å². The lowest BCUT2D eigenvalue weighted by atomic mass is 9.98. The van der Waals surface area contributed by atoms with Gasteiger partial charge in [0.15, 0.2) is 0 Å². The highest BCUT2D eigenvalue weighted by Gasteiger charge is 2.31. The van der Waals surface area contributed by atoms with Crippen LogP contribution in [-0.4, -0.2) is 37.7 Å². The fourth-order valence-electron chi connectivity index (χ4n) is 2.98. The molecular formula is C21H22F3N5O2S. The predicted octanol–water partition coefficient (Wildman–Crippen LogP) is 5.11. The number of aromatic nitrogens is 4. The molecule has 0 radical (unpaired) electrons. The Labute approximate surface area is 187 Å². The van der Waals surface area contributed by atoms with Gasteiger partial charge in [0.05, 0.1) is 10.9 Å². The summed E-state index contributed by atoms with van der Waals surface area (Å²) in [5, 5.41) is 14.2. The van der Waals surface area contributed by atoms with Crippen LogP contribution in [0, 0.1) is 6.92 Å². The Balaban J connectivity index is 1.73. The van der Waals surface area contributed by atoms with Crippen LogP contribution in [0.4, 0.5) is 18.9 Å². The van der Waals surface area contributed by atoms with Crippen molar-refractivity contribution >= 4 is 23.4 Å². The second-order valence-corrected chi connectivity index (χ2v) is 8.67. The Morgan fingerprint density at radius 1 is 1.12 bits per heavy atom. The van der Waals surface area contributed by atoms with Crippen LogP contribution in [0.25, 0.3) is 5.69 Å². The first-order chi connectivity index (χ1) is 15.0. The Kier molecular flexibility index (Phi) is 7.07. The van der Waals surface area contributed by atoms with E-state index in [0.717, 1.165) is 28.6 Å². The van der Waals surface area contributed by atoms with E-state index in [2.05, 4.69) is 39.4 Å². The molecule has 0 aliphatic carbocycles. The molecule has 0 spiro atoms. The van der Waals surface area contributed by atoms with Crippen molar-refractivity contribution in [1.29, 1.82) is 0 Å². The summed E-state index contributed by atoms with van der Waals surface area (Å²) >= 11 is 1.14. The van der Waals surface area contributed by atoms with Crippen molar-refractivity contribution in [2.45, 2.75) is 50.4 Å². The Hall–Kier alpha value is -3.08. The fourth-order valence-corrected chi connectivity index (χ4v) is 3.79. The molecule has 2 aromatic carbocycles. The highest BCUT2D eigenvalue weighted by Crippen LogP contribution is 2.30. The maximum absolute atomic E-state index is 12.9. The van der Waals surface area contributed by atoms with Crippen LogP contribution in [0.15, 0.2) is 47.6 Å². The average Bonchev–Trinajstić information content (AvgIpc) is 3.16. The number of tetrazole rings is 1. The number of nitrogens with one attached hydrogen (secondary N) is 1. The summed E-state index contributed by atoms with van der Waals surface area (Å²) in [6.07, 6.45) is -4.77. The minimum Gasteiger partial charge on any atom is -0.406 e. The SMILES string of the molecule is Cc1cccc(C(C)C)c1NC(=O)C(C)Sc1nnnn1-c1ccc(OC(F)(F)F)cc1. The normalized spacial score (nSPS) is 12.6. The van der Waals surface area contributed by atoms with Crippen LogP contribution >= 0.6 is 11.8 Å². The molecule has 1 N–H and O–H groups in total. The van der Waals surface area contributed by atoms with Crippen LogP contribution < -0.4 is 10.1 Å². The molecule has 3 rings (SSSR count). The van der Waals surface area contributed by atoms with Crippen molar-refractivity contribution in [2.24, 2.45) is 0 Å². The lowest BCUT2D eigenvalue weighted by molar-refractivity contribution is -0.274. The molecule has 1 aromatic heterocycles. The number of rotatable bonds is 7. The zero-order valence-electron chi connectivity index (χ0n) is 17.8. The highest BCUT2D eigenvalue weighted by atomic mass is 32.2. The molecule has 0 saturated heterocycles. The van der Waals surface area contributed by atoms with Crippen LogP contribution in [0.2, 0.25) is 0 Å². The number of benzene rings is 2. The first-order valence-corrected chi connectivity index (χ1v) is 10.6. The summed E-state index contributed by atoms with van der Waals surface area (Å²) < 4.78 is 42.3. The number of anilines is 1. The number of alkyl halides is 3. The van der Waals surface area contributed by atoms with Crippen LogP contribution in [-0.2, 0) is 4.79 Å². The molecule has 0 fully saturated rings. The molecule has 1 atom stereocenters. The second kappa shape index (κ2) is 9.60. The quantitative estimate of drug-likeness (QED) is 0.488. The number of amides is 1. The predicted molar refractivity (Wildman–Crippen MR) is 115 cm³/mol. The summed E-state index contributed by atoms with van der Waals surface area (Å²) in [6, 6.07) is 11.0. The van der Waals surface area contributed by atoms with Crippen LogP contribution in [0.3, 0.4) is 0 Å². The third-order valence-corrected chi connectivity index (χ3v) is 5.62. The van der Waals surface area contributed by atoms with Gasteiger partial charge in [-0.25, -0.2) is 0 Å². The van der Waals surface area contributed by atoms with Gasteiger partial charge in [-0.3, -0.25) is 4.79 Å². The Morgan fingerprint density at radius 3 is 2.44 bits per heavy atom. The first-order valence-electron chi connectivity index (χ1n) is 9.76. The fraction of sp³-hybridized carbons (Fsp3) is 0.333. The van der Waals surface area contributed by atoms with Crippen molar-refractivity contribution < 1.29 is 22.7 Å². The van der Waals surface area contributed by atoms with Gasteiger partial charge in [-0.1, -0.05) is 43.8 Å². The number of hydrogen-bond donors (Lipinski definition) is 1. The summed E-state index contributed by atoms with van der Waals surface area (Å²) in [4.78, 5) is 12.9. The van der Waals surface area contributed by atoms with Gasteiger partial charge < -0.3 is 10.1 Å². The number of carbonyl (C=O) groups is 1. The Morgan fingerprint density at radius 2 is 1.81 bits per heavy atom. The van der Waals surface area contributed by atoms with E-state index in [-0.39, 0.29) is 17.6 Å². The van der Waals surface area contributed by atoms with E-state index < -0.39 is 11.6 Å². The molecule has 3 aromatic rings. The molecule has 0 bridgehead atoms. The summed E-state index contributed by atoms with van der Waals surface area (Å²) in [7, 11) is 0. The lowest BCUT2D eigenvalue weighted by Gasteiger charge is -2.18. The highest BCUT2D eigenvalue weighted by molar-refractivity contribution is 8.00. The molecule has 170 valence electrons. The minimum atomic E-state index is -4.77. The van der Waals surface area contributed by atoms with Crippen LogP contribution in [0.5, 0.6) is 5.75 Å². The first kappa shape index (κ1) is 23.6. The van der Waals surface area contributed by atoms with E-state index in [9.17, 15) is 18.0 Å². The summed E-state index contributed by atoms with van der Waals surface area (Å²) in [5.74, 6) is -0.324. The average molecular weight is 466 g/mol. The Bertz CT molecular complexity index is 1080. The largest absolute Gasteiger partial charge is 0.573 e. The van der Waals surface area contributed by atoms with E-state index in [1.807, 2.05) is 25.1 Å². The molecule has 11 heteroatoms. The molecule has 0 aliphatic heterocycles. The van der Waals surface area contributed by atoms with Gasteiger partial charge in [-0.05, 0) is 65.6 Å². The van der Waals surface area contributed by atoms with Gasteiger partial charge >= 0.3 is 6.36 Å². The van der Waals surface area contributed by atoms with E-state index in [1.165, 1.54) is 28.9 Å². The number of nitrogens with zero attached hydrogens (tertiary/aromatic N) is 4. The van der Waals surface area contributed by atoms with E-state index in [1.54, 1.807) is 6.92 Å². The van der Waals surface area contributed by atoms with Crippen molar-refractivity contribution in [2.75, 3.05) is 5.32 Å². The molecular weight excluding hydrogens is 443 g/mol. The lowest BCUT2D eigenvalue weighted by Crippen LogP contribution is -2.24. The van der Waals surface area contributed by atoms with Crippen molar-refractivity contribution in [3.63, 3.8) is 0 Å². The molecule has 1 unspecified atom stereocenters.